The van der Waals surface area contributed by atoms with Gasteiger partial charge in [-0.2, -0.15) is 4.57 Å². The van der Waals surface area contributed by atoms with Crippen LogP contribution in [0.15, 0.2) is 58.9 Å². The Morgan fingerprint density at radius 1 is 1.16 bits per heavy atom. The zero-order chi connectivity index (χ0) is 22.8. The Kier molecular flexibility index (Phi) is 6.93. The summed E-state index contributed by atoms with van der Waals surface area (Å²) in [4.78, 5) is 1.95. The molecule has 0 N–H and O–H groups in total. The van der Waals surface area contributed by atoms with Crippen LogP contribution in [-0.2, 0) is 21.6 Å². The van der Waals surface area contributed by atoms with E-state index >= 15 is 0 Å². The van der Waals surface area contributed by atoms with Gasteiger partial charge in [0.2, 0.25) is 16.0 Å². The number of halogens is 2. The van der Waals surface area contributed by atoms with Gasteiger partial charge in [0.05, 0.1) is 18.9 Å². The molecule has 31 heavy (non-hydrogen) atoms. The number of nitrogens with zero attached hydrogens (tertiary/aromatic N) is 2. The molecule has 2 aromatic carbocycles. The molecule has 0 spiro atoms. The number of aryl methyl sites for hydroxylation is 1. The molecule has 0 aliphatic carbocycles. The van der Waals surface area contributed by atoms with Gasteiger partial charge in [-0.1, -0.05) is 23.2 Å². The fraction of sp³-hybridized carbons (Fsp3) is 0.150. The summed E-state index contributed by atoms with van der Waals surface area (Å²) in [6.07, 6.45) is 5.65. The van der Waals surface area contributed by atoms with E-state index in [1.54, 1.807) is 0 Å². The number of ether oxygens (including phenoxy) is 1. The van der Waals surface area contributed by atoms with Gasteiger partial charge in [-0.15, -0.1) is 0 Å². The molecule has 2 heterocycles. The zero-order valence-corrected chi connectivity index (χ0v) is 19.0. The molecule has 0 atom stereocenters. The first-order valence-corrected chi connectivity index (χ1v) is 10.9. The van der Waals surface area contributed by atoms with Crippen LogP contribution in [0.25, 0.3) is 17.2 Å². The van der Waals surface area contributed by atoms with Crippen LogP contribution in [0, 0.1) is 0 Å². The molecular formula is C20H18Cl2N2O6S. The lowest BCUT2D eigenvalue weighted by Crippen LogP contribution is -2.29. The number of hydrogen-bond donors (Lipinski definition) is 0. The van der Waals surface area contributed by atoms with Gasteiger partial charge in [0.1, 0.15) is 7.05 Å². The van der Waals surface area contributed by atoms with Crippen molar-refractivity contribution in [2.24, 2.45) is 7.05 Å². The maximum absolute atomic E-state index is 9.22. The fourth-order valence-corrected chi connectivity index (χ4v) is 3.11. The number of allylic oxidation sites excluding steroid dienone is 2. The van der Waals surface area contributed by atoms with E-state index in [0.29, 0.717) is 10.0 Å². The van der Waals surface area contributed by atoms with Crippen molar-refractivity contribution in [3.63, 3.8) is 0 Å². The lowest BCUT2D eigenvalue weighted by atomic mass is 10.3. The molecule has 0 saturated heterocycles. The summed E-state index contributed by atoms with van der Waals surface area (Å²) in [5.41, 5.74) is 2.67. The largest absolute Gasteiger partial charge is 0.726 e. The van der Waals surface area contributed by atoms with E-state index in [1.165, 1.54) is 0 Å². The number of rotatable bonds is 3. The summed E-state index contributed by atoms with van der Waals surface area (Å²) in [5, 5.41) is 1.36. The predicted octanol–water partition coefficient (Wildman–Crippen LogP) is 4.04. The first-order valence-electron chi connectivity index (χ1n) is 8.78. The average molecular weight is 485 g/mol. The average Bonchev–Trinajstić information content (AvgIpc) is 3.19. The van der Waals surface area contributed by atoms with E-state index in [9.17, 15) is 13.0 Å². The van der Waals surface area contributed by atoms with Gasteiger partial charge in [-0.05, 0) is 42.5 Å². The van der Waals surface area contributed by atoms with Crippen LogP contribution in [0.3, 0.4) is 0 Å². The van der Waals surface area contributed by atoms with E-state index in [-0.39, 0.29) is 0 Å². The van der Waals surface area contributed by atoms with Crippen LogP contribution < -0.4 is 14.2 Å². The highest BCUT2D eigenvalue weighted by molar-refractivity contribution is 7.80. The smallest absolute Gasteiger partial charge is 0.373 e. The Morgan fingerprint density at radius 3 is 2.48 bits per heavy atom. The summed E-state index contributed by atoms with van der Waals surface area (Å²) >= 11 is 12.1. The lowest BCUT2D eigenvalue weighted by molar-refractivity contribution is -0.652. The minimum atomic E-state index is -4.41. The third-order valence-corrected chi connectivity index (χ3v) is 5.22. The summed E-state index contributed by atoms with van der Waals surface area (Å²) in [6.45, 7) is 0. The summed E-state index contributed by atoms with van der Waals surface area (Å²) in [5.74, 6) is 2.22. The number of anilines is 1. The zero-order valence-electron chi connectivity index (χ0n) is 16.7. The second kappa shape index (κ2) is 9.29. The lowest BCUT2D eigenvalue weighted by Gasteiger charge is -2.09. The monoisotopic (exact) mass is 484 g/mol. The second-order valence-electron chi connectivity index (χ2n) is 6.32. The molecule has 0 amide bonds. The topological polar surface area (TPSA) is 95.9 Å². The highest BCUT2D eigenvalue weighted by Crippen LogP contribution is 2.39. The molecule has 0 bridgehead atoms. The van der Waals surface area contributed by atoms with Gasteiger partial charge in [0, 0.05) is 23.2 Å². The summed E-state index contributed by atoms with van der Waals surface area (Å²) < 4.78 is 44.6. The van der Waals surface area contributed by atoms with E-state index in [2.05, 4.69) is 4.18 Å². The molecule has 0 fully saturated rings. The van der Waals surface area contributed by atoms with Gasteiger partial charge in [-0.3, -0.25) is 4.18 Å². The fourth-order valence-electron chi connectivity index (χ4n) is 2.78. The number of hydrogen-bond acceptors (Lipinski definition) is 7. The van der Waals surface area contributed by atoms with E-state index in [4.69, 9.17) is 32.4 Å². The first-order chi connectivity index (χ1) is 14.6. The maximum atomic E-state index is 9.22. The van der Waals surface area contributed by atoms with Gasteiger partial charge < -0.3 is 18.6 Å². The van der Waals surface area contributed by atoms with Crippen LogP contribution in [0.4, 0.5) is 5.69 Å². The second-order valence-corrected chi connectivity index (χ2v) is 8.35. The molecule has 0 saturated carbocycles. The Hall–Kier alpha value is -2.56. The van der Waals surface area contributed by atoms with E-state index < -0.39 is 10.4 Å². The highest BCUT2D eigenvalue weighted by Gasteiger charge is 2.22. The van der Waals surface area contributed by atoms with Crippen LogP contribution in [0.1, 0.15) is 5.89 Å². The standard InChI is InChI=1S/C19H15Cl2N2O2.CH4O4S/c1-22-14-10-12(20)6-8-16(14)24-18(22)4-3-5-19-23(2)15-11-13(21)7-9-17(15)25-19;1-5-6(2,3)4/h3-11H,1-2H3;1H3,(H,2,3,4)/q+1;/p-1. The number of aromatic nitrogens is 1. The van der Waals surface area contributed by atoms with Crippen molar-refractivity contribution in [2.75, 3.05) is 19.1 Å². The molecule has 0 radical (unpaired) electrons. The van der Waals surface area contributed by atoms with Gasteiger partial charge in [-0.25, -0.2) is 8.42 Å². The molecule has 11 heteroatoms. The maximum Gasteiger partial charge on any atom is 0.373 e. The summed E-state index contributed by atoms with van der Waals surface area (Å²) in [7, 11) is 0.267. The van der Waals surface area contributed by atoms with Gasteiger partial charge in [0.25, 0.3) is 5.52 Å². The minimum Gasteiger partial charge on any atom is -0.726 e. The molecular weight excluding hydrogens is 467 g/mol. The Bertz CT molecular complexity index is 1280. The van der Waals surface area contributed by atoms with Crippen molar-refractivity contribution in [3.05, 3.63) is 70.4 Å². The normalized spacial score (nSPS) is 14.6. The number of benzene rings is 2. The van der Waals surface area contributed by atoms with Crippen molar-refractivity contribution in [1.82, 2.24) is 0 Å². The number of oxazole rings is 1. The predicted molar refractivity (Wildman–Crippen MR) is 117 cm³/mol. The molecule has 1 aliphatic heterocycles. The highest BCUT2D eigenvalue weighted by atomic mass is 35.5. The molecule has 3 aromatic rings. The van der Waals surface area contributed by atoms with Crippen molar-refractivity contribution in [3.8, 4) is 5.75 Å². The Balaban J connectivity index is 0.000000401. The van der Waals surface area contributed by atoms with Crippen LogP contribution in [0.2, 0.25) is 10.0 Å². The van der Waals surface area contributed by atoms with E-state index in [1.807, 2.05) is 78.2 Å². The molecule has 1 aromatic heterocycles. The van der Waals surface area contributed by atoms with E-state index in [0.717, 1.165) is 41.4 Å². The Labute approximate surface area is 189 Å². The summed E-state index contributed by atoms with van der Waals surface area (Å²) in [6, 6.07) is 11.1. The third kappa shape index (κ3) is 5.57. The van der Waals surface area contributed by atoms with Crippen molar-refractivity contribution >= 4 is 56.5 Å². The van der Waals surface area contributed by atoms with Crippen LogP contribution in [0.5, 0.6) is 5.75 Å². The third-order valence-electron chi connectivity index (χ3n) is 4.34. The van der Waals surface area contributed by atoms with Gasteiger partial charge in [0.15, 0.2) is 11.6 Å². The minimum absolute atomic E-state index is 0.680. The quantitative estimate of drug-likeness (QED) is 0.314. The van der Waals surface area contributed by atoms with Crippen molar-refractivity contribution in [2.45, 2.75) is 0 Å². The SMILES string of the molecule is CN1/C(=C\C=C\c2oc3ccc(Cl)cc3[n+]2C)Oc2ccc(Cl)cc21.COS(=O)(=O)[O-]. The first kappa shape index (κ1) is 23.1. The molecule has 164 valence electrons. The molecule has 1 aliphatic rings. The van der Waals surface area contributed by atoms with Crippen LogP contribution >= 0.6 is 23.2 Å². The molecule has 0 unspecified atom stereocenters. The Morgan fingerprint density at radius 2 is 1.81 bits per heavy atom. The van der Waals surface area contributed by atoms with Gasteiger partial charge >= 0.3 is 5.89 Å². The van der Waals surface area contributed by atoms with Crippen molar-refractivity contribution < 1.29 is 30.9 Å². The van der Waals surface area contributed by atoms with Crippen LogP contribution in [-0.4, -0.2) is 27.1 Å². The molecule has 4 rings (SSSR count). The number of fused-ring (bicyclic) bond motifs is 2. The molecule has 8 nitrogen and oxygen atoms in total. The van der Waals surface area contributed by atoms with Crippen molar-refractivity contribution in [1.29, 1.82) is 0 Å².